The second kappa shape index (κ2) is 7.15. The summed E-state index contributed by atoms with van der Waals surface area (Å²) in [5, 5.41) is 2.67. The minimum Gasteiger partial charge on any atom is -0.350 e. The fourth-order valence-corrected chi connectivity index (χ4v) is 4.03. The Morgan fingerprint density at radius 1 is 1.55 bits per heavy atom. The summed E-state index contributed by atoms with van der Waals surface area (Å²) < 4.78 is 0.712. The van der Waals surface area contributed by atoms with Crippen LogP contribution in [0.2, 0.25) is 4.34 Å². The van der Waals surface area contributed by atoms with Crippen molar-refractivity contribution in [3.8, 4) is 0 Å². The highest BCUT2D eigenvalue weighted by molar-refractivity contribution is 8.00. The Kier molecular flexibility index (Phi) is 5.51. The van der Waals surface area contributed by atoms with Gasteiger partial charge in [-0.2, -0.15) is 0 Å². The fourth-order valence-electron chi connectivity index (χ4n) is 1.87. The minimum atomic E-state index is -0.219. The molecule has 0 aliphatic carbocycles. The summed E-state index contributed by atoms with van der Waals surface area (Å²) in [5.74, 6) is 0.608. The van der Waals surface area contributed by atoms with Crippen molar-refractivity contribution in [2.45, 2.75) is 11.8 Å². The molecule has 1 aromatic rings. The zero-order valence-corrected chi connectivity index (χ0v) is 13.2. The molecule has 0 bridgehead atoms. The molecule has 1 atom stereocenters. The van der Waals surface area contributed by atoms with E-state index in [1.165, 1.54) is 17.4 Å². The molecular weight excluding hydrogens is 316 g/mol. The van der Waals surface area contributed by atoms with E-state index in [0.29, 0.717) is 24.0 Å². The number of nitrogens with zero attached hydrogens (tertiary/aromatic N) is 1. The van der Waals surface area contributed by atoms with E-state index in [1.807, 2.05) is 12.1 Å². The van der Waals surface area contributed by atoms with Crippen molar-refractivity contribution >= 4 is 46.5 Å². The van der Waals surface area contributed by atoms with Gasteiger partial charge in [0.25, 0.3) is 0 Å². The van der Waals surface area contributed by atoms with Gasteiger partial charge >= 0.3 is 0 Å². The number of hydrogen-bond acceptors (Lipinski definition) is 4. The van der Waals surface area contributed by atoms with E-state index in [4.69, 9.17) is 11.6 Å². The van der Waals surface area contributed by atoms with Crippen LogP contribution < -0.4 is 5.32 Å². The first-order valence-electron chi connectivity index (χ1n) is 6.15. The van der Waals surface area contributed by atoms with E-state index < -0.39 is 0 Å². The first-order valence-corrected chi connectivity index (χ1v) is 8.39. The van der Waals surface area contributed by atoms with Crippen LogP contribution in [-0.2, 0) is 16.1 Å². The number of halogens is 1. The molecule has 1 aromatic heterocycles. The molecule has 1 fully saturated rings. The third kappa shape index (κ3) is 4.01. The summed E-state index contributed by atoms with van der Waals surface area (Å²) in [4.78, 5) is 26.4. The minimum absolute atomic E-state index is 0.0407. The lowest BCUT2D eigenvalue weighted by Crippen LogP contribution is -2.47. The lowest BCUT2D eigenvalue weighted by molar-refractivity contribution is -0.127. The summed E-state index contributed by atoms with van der Waals surface area (Å²) in [6, 6.07) is 3.71. The quantitative estimate of drug-likeness (QED) is 0.861. The standard InChI is InChI=1S/C13H15ClN2O2S2/c1-2-12(17)16-5-6-19-10(8-16)13(18)15-7-9-3-4-11(14)20-9/h2-4,10H,1,5-8H2,(H,15,18). The van der Waals surface area contributed by atoms with Gasteiger partial charge in [0.05, 0.1) is 10.9 Å². The van der Waals surface area contributed by atoms with Gasteiger partial charge in [0.2, 0.25) is 11.8 Å². The van der Waals surface area contributed by atoms with Crippen LogP contribution in [0.1, 0.15) is 4.88 Å². The number of thiophene rings is 1. The normalized spacial score (nSPS) is 18.6. The molecule has 0 radical (unpaired) electrons. The smallest absolute Gasteiger partial charge is 0.246 e. The van der Waals surface area contributed by atoms with Gasteiger partial charge in [0.1, 0.15) is 5.25 Å². The molecule has 2 amide bonds. The average molecular weight is 331 g/mol. The Balaban J connectivity index is 1.85. The maximum atomic E-state index is 12.1. The van der Waals surface area contributed by atoms with Crippen molar-refractivity contribution in [2.75, 3.05) is 18.8 Å². The third-order valence-corrected chi connectivity index (χ3v) is 5.33. The second-order valence-corrected chi connectivity index (χ2v) is 7.38. The number of carbonyl (C=O) groups excluding carboxylic acids is 2. The Bertz CT molecular complexity index is 518. The highest BCUT2D eigenvalue weighted by Crippen LogP contribution is 2.22. The summed E-state index contributed by atoms with van der Waals surface area (Å²) in [5.41, 5.74) is 0. The Hall–Kier alpha value is -0.980. The van der Waals surface area contributed by atoms with E-state index in [2.05, 4.69) is 11.9 Å². The van der Waals surface area contributed by atoms with E-state index in [0.717, 1.165) is 10.6 Å². The van der Waals surface area contributed by atoms with Crippen LogP contribution >= 0.6 is 34.7 Å². The average Bonchev–Trinajstić information content (AvgIpc) is 2.89. The molecule has 0 aromatic carbocycles. The number of hydrogen-bond donors (Lipinski definition) is 1. The summed E-state index contributed by atoms with van der Waals surface area (Å²) >= 11 is 8.87. The van der Waals surface area contributed by atoms with E-state index in [-0.39, 0.29) is 17.1 Å². The Morgan fingerprint density at radius 2 is 2.35 bits per heavy atom. The van der Waals surface area contributed by atoms with E-state index in [9.17, 15) is 9.59 Å². The summed E-state index contributed by atoms with van der Waals surface area (Å²) in [6.45, 7) is 5.05. The zero-order chi connectivity index (χ0) is 14.5. The van der Waals surface area contributed by atoms with Gasteiger partial charge in [-0.25, -0.2) is 0 Å². The topological polar surface area (TPSA) is 49.4 Å². The molecule has 0 spiro atoms. The highest BCUT2D eigenvalue weighted by atomic mass is 35.5. The monoisotopic (exact) mass is 330 g/mol. The van der Waals surface area contributed by atoms with Crippen LogP contribution in [0.4, 0.5) is 0 Å². The highest BCUT2D eigenvalue weighted by Gasteiger charge is 2.27. The maximum Gasteiger partial charge on any atom is 0.246 e. The van der Waals surface area contributed by atoms with E-state index in [1.54, 1.807) is 16.7 Å². The fraction of sp³-hybridized carbons (Fsp3) is 0.385. The molecule has 1 N–H and O–H groups in total. The van der Waals surface area contributed by atoms with Gasteiger partial charge in [-0.05, 0) is 18.2 Å². The number of rotatable bonds is 4. The van der Waals surface area contributed by atoms with Gasteiger partial charge in [0, 0.05) is 23.7 Å². The summed E-state index contributed by atoms with van der Waals surface area (Å²) in [6.07, 6.45) is 1.29. The van der Waals surface area contributed by atoms with Crippen molar-refractivity contribution in [2.24, 2.45) is 0 Å². The van der Waals surface area contributed by atoms with Crippen LogP contribution in [0.25, 0.3) is 0 Å². The second-order valence-electron chi connectivity index (χ2n) is 4.27. The predicted molar refractivity (Wildman–Crippen MR) is 84.2 cm³/mol. The van der Waals surface area contributed by atoms with Crippen molar-refractivity contribution in [3.63, 3.8) is 0 Å². The molecule has 2 heterocycles. The molecule has 1 aliphatic rings. The van der Waals surface area contributed by atoms with Crippen molar-refractivity contribution in [1.82, 2.24) is 10.2 Å². The molecule has 4 nitrogen and oxygen atoms in total. The van der Waals surface area contributed by atoms with Crippen LogP contribution in [0.5, 0.6) is 0 Å². The molecule has 20 heavy (non-hydrogen) atoms. The van der Waals surface area contributed by atoms with Crippen molar-refractivity contribution in [3.05, 3.63) is 34.0 Å². The van der Waals surface area contributed by atoms with Gasteiger partial charge in [-0.3, -0.25) is 9.59 Å². The first kappa shape index (κ1) is 15.4. The van der Waals surface area contributed by atoms with Gasteiger partial charge in [0.15, 0.2) is 0 Å². The number of amides is 2. The molecule has 1 unspecified atom stereocenters. The van der Waals surface area contributed by atoms with Crippen LogP contribution in [0, 0.1) is 0 Å². The number of carbonyl (C=O) groups is 2. The van der Waals surface area contributed by atoms with Crippen LogP contribution in [0.3, 0.4) is 0 Å². The van der Waals surface area contributed by atoms with Crippen molar-refractivity contribution in [1.29, 1.82) is 0 Å². The largest absolute Gasteiger partial charge is 0.350 e. The number of nitrogens with one attached hydrogen (secondary N) is 1. The van der Waals surface area contributed by atoms with Crippen LogP contribution in [0.15, 0.2) is 24.8 Å². The number of thioether (sulfide) groups is 1. The molecule has 0 saturated carbocycles. The lowest BCUT2D eigenvalue weighted by Gasteiger charge is -2.30. The zero-order valence-electron chi connectivity index (χ0n) is 10.8. The Morgan fingerprint density at radius 3 is 3.00 bits per heavy atom. The SMILES string of the molecule is C=CC(=O)N1CCSC(C(=O)NCc2ccc(Cl)s2)C1. The first-order chi connectivity index (χ1) is 9.60. The van der Waals surface area contributed by atoms with Gasteiger partial charge in [-0.1, -0.05) is 18.2 Å². The molecule has 7 heteroatoms. The predicted octanol–water partition coefficient (Wildman–Crippen LogP) is 2.15. The molecule has 2 rings (SSSR count). The third-order valence-electron chi connectivity index (χ3n) is 2.91. The molecule has 108 valence electrons. The lowest BCUT2D eigenvalue weighted by atomic mass is 10.3. The Labute approximate surface area is 131 Å². The van der Waals surface area contributed by atoms with Gasteiger partial charge in [-0.15, -0.1) is 23.1 Å². The summed E-state index contributed by atoms with van der Waals surface area (Å²) in [7, 11) is 0. The van der Waals surface area contributed by atoms with Crippen LogP contribution in [-0.4, -0.2) is 40.8 Å². The van der Waals surface area contributed by atoms with E-state index >= 15 is 0 Å². The van der Waals surface area contributed by atoms with Gasteiger partial charge < -0.3 is 10.2 Å². The molecule has 1 aliphatic heterocycles. The maximum absolute atomic E-state index is 12.1. The molecule has 1 saturated heterocycles. The molecular formula is C13H15ClN2O2S2. The van der Waals surface area contributed by atoms with Crippen molar-refractivity contribution < 1.29 is 9.59 Å².